The average molecular weight is 488 g/mol. The molecule has 0 unspecified atom stereocenters. The molecule has 36 heavy (non-hydrogen) atoms. The molecular formula is C34H30ClN. The van der Waals surface area contributed by atoms with Crippen LogP contribution in [-0.4, -0.2) is 4.57 Å². The Balaban J connectivity index is 1.26. The van der Waals surface area contributed by atoms with E-state index in [2.05, 4.69) is 77.4 Å². The molecule has 0 spiro atoms. The summed E-state index contributed by atoms with van der Waals surface area (Å²) in [7, 11) is 0. The number of rotatable bonds is 3. The number of hydrogen-bond donors (Lipinski definition) is 0. The molecule has 9 rings (SSSR count). The Morgan fingerprint density at radius 1 is 0.611 bits per heavy atom. The number of para-hydroxylation sites is 1. The van der Waals surface area contributed by atoms with Crippen LogP contribution in [0, 0.1) is 17.8 Å². The second-order valence-corrected chi connectivity index (χ2v) is 12.3. The van der Waals surface area contributed by atoms with Crippen molar-refractivity contribution in [2.24, 2.45) is 17.8 Å². The van der Waals surface area contributed by atoms with Gasteiger partial charge in [-0.1, -0.05) is 60.1 Å². The SMILES string of the molecule is Clc1cccc(-c2ccc(-n3c4ccccc4c4cc(C56CC7CC(CC(C7)C5)C6)ccc43)cc2)c1. The first kappa shape index (κ1) is 21.1. The molecule has 0 radical (unpaired) electrons. The second kappa shape index (κ2) is 7.73. The largest absolute Gasteiger partial charge is 0.309 e. The zero-order valence-electron chi connectivity index (χ0n) is 20.5. The van der Waals surface area contributed by atoms with Gasteiger partial charge in [0.25, 0.3) is 0 Å². The van der Waals surface area contributed by atoms with Crippen LogP contribution >= 0.6 is 11.6 Å². The Bertz CT molecular complexity index is 1590. The molecule has 178 valence electrons. The first-order valence-corrected chi connectivity index (χ1v) is 13.9. The number of fused-ring (bicyclic) bond motifs is 3. The number of hydrogen-bond acceptors (Lipinski definition) is 0. The normalized spacial score (nSPS) is 26.8. The Hall–Kier alpha value is -3.03. The van der Waals surface area contributed by atoms with Gasteiger partial charge in [-0.25, -0.2) is 0 Å². The third-order valence-electron chi connectivity index (χ3n) is 9.61. The van der Waals surface area contributed by atoms with Crippen LogP contribution in [0.1, 0.15) is 44.1 Å². The quantitative estimate of drug-likeness (QED) is 0.238. The van der Waals surface area contributed by atoms with Crippen molar-refractivity contribution in [1.82, 2.24) is 4.57 Å². The standard InChI is InChI=1S/C34H30ClN/c35-28-5-3-4-26(17-28)25-8-11-29(12-9-25)36-32-7-2-1-6-30(32)31-18-27(10-13-33(31)36)34-19-22-14-23(20-34)16-24(15-22)21-34/h1-13,17-18,22-24H,14-16,19-21H2. The summed E-state index contributed by atoms with van der Waals surface area (Å²) < 4.78 is 2.44. The van der Waals surface area contributed by atoms with Crippen LogP contribution in [0.15, 0.2) is 91.0 Å². The lowest BCUT2D eigenvalue weighted by Crippen LogP contribution is -2.48. The molecule has 0 aliphatic heterocycles. The molecule has 1 nitrogen and oxygen atoms in total. The van der Waals surface area contributed by atoms with E-state index in [1.165, 1.54) is 71.6 Å². The number of halogens is 1. The molecule has 4 aromatic carbocycles. The minimum absolute atomic E-state index is 0.421. The van der Waals surface area contributed by atoms with Gasteiger partial charge in [0.2, 0.25) is 0 Å². The predicted octanol–water partition coefficient (Wildman–Crippen LogP) is 9.57. The summed E-state index contributed by atoms with van der Waals surface area (Å²) in [6.45, 7) is 0. The highest BCUT2D eigenvalue weighted by atomic mass is 35.5. The molecule has 2 heteroatoms. The third kappa shape index (κ3) is 3.15. The molecule has 5 aromatic rings. The van der Waals surface area contributed by atoms with Gasteiger partial charge in [0, 0.05) is 21.5 Å². The van der Waals surface area contributed by atoms with Crippen molar-refractivity contribution in [2.75, 3.05) is 0 Å². The van der Waals surface area contributed by atoms with E-state index in [9.17, 15) is 0 Å². The summed E-state index contributed by atoms with van der Waals surface area (Å²) in [6, 6.07) is 33.4. The van der Waals surface area contributed by atoms with Crippen molar-refractivity contribution in [2.45, 2.75) is 43.9 Å². The molecule has 1 heterocycles. The fraction of sp³-hybridized carbons (Fsp3) is 0.294. The topological polar surface area (TPSA) is 4.93 Å². The summed E-state index contributed by atoms with van der Waals surface area (Å²) in [5, 5.41) is 3.53. The summed E-state index contributed by atoms with van der Waals surface area (Å²) in [5.74, 6) is 2.89. The maximum Gasteiger partial charge on any atom is 0.0541 e. The van der Waals surface area contributed by atoms with Crippen molar-refractivity contribution in [3.05, 3.63) is 102 Å². The van der Waals surface area contributed by atoms with Gasteiger partial charge in [0.15, 0.2) is 0 Å². The van der Waals surface area contributed by atoms with Gasteiger partial charge in [0.1, 0.15) is 0 Å². The molecule has 4 saturated carbocycles. The van der Waals surface area contributed by atoms with Gasteiger partial charge in [-0.15, -0.1) is 0 Å². The van der Waals surface area contributed by atoms with Gasteiger partial charge in [0.05, 0.1) is 11.0 Å². The number of nitrogens with zero attached hydrogens (tertiary/aromatic N) is 1. The lowest BCUT2D eigenvalue weighted by atomic mass is 9.48. The molecule has 4 aliphatic rings. The molecular weight excluding hydrogens is 458 g/mol. The van der Waals surface area contributed by atoms with Gasteiger partial charge < -0.3 is 4.57 Å². The van der Waals surface area contributed by atoms with E-state index < -0.39 is 0 Å². The van der Waals surface area contributed by atoms with E-state index in [-0.39, 0.29) is 0 Å². The van der Waals surface area contributed by atoms with Crippen LogP contribution in [0.4, 0.5) is 0 Å². The Morgan fingerprint density at radius 3 is 2.03 bits per heavy atom. The van der Waals surface area contributed by atoms with E-state index >= 15 is 0 Å². The van der Waals surface area contributed by atoms with Crippen LogP contribution in [0.5, 0.6) is 0 Å². The molecule has 4 aliphatic carbocycles. The smallest absolute Gasteiger partial charge is 0.0541 e. The Labute approximate surface area is 217 Å². The van der Waals surface area contributed by atoms with Crippen molar-refractivity contribution >= 4 is 33.4 Å². The first-order chi connectivity index (χ1) is 17.6. The summed E-state index contributed by atoms with van der Waals surface area (Å²) in [5.41, 5.74) is 8.15. The third-order valence-corrected chi connectivity index (χ3v) is 9.84. The van der Waals surface area contributed by atoms with Crippen LogP contribution in [-0.2, 0) is 5.41 Å². The molecule has 0 amide bonds. The van der Waals surface area contributed by atoms with Crippen molar-refractivity contribution in [1.29, 1.82) is 0 Å². The van der Waals surface area contributed by atoms with Gasteiger partial charge in [-0.3, -0.25) is 0 Å². The van der Waals surface area contributed by atoms with Gasteiger partial charge in [-0.05, 0) is 121 Å². The van der Waals surface area contributed by atoms with Crippen LogP contribution in [0.2, 0.25) is 5.02 Å². The lowest BCUT2D eigenvalue weighted by Gasteiger charge is -2.57. The minimum Gasteiger partial charge on any atom is -0.309 e. The van der Waals surface area contributed by atoms with Crippen LogP contribution in [0.25, 0.3) is 38.6 Å². The molecule has 0 saturated heterocycles. The van der Waals surface area contributed by atoms with E-state index in [4.69, 9.17) is 11.6 Å². The van der Waals surface area contributed by atoms with E-state index in [1.807, 2.05) is 18.2 Å². The molecule has 1 aromatic heterocycles. The molecule has 0 atom stereocenters. The Kier molecular flexibility index (Phi) is 4.53. The summed E-state index contributed by atoms with van der Waals surface area (Å²) in [4.78, 5) is 0. The van der Waals surface area contributed by atoms with Gasteiger partial charge in [-0.2, -0.15) is 0 Å². The highest BCUT2D eigenvalue weighted by Gasteiger charge is 2.51. The van der Waals surface area contributed by atoms with Crippen LogP contribution in [0.3, 0.4) is 0 Å². The Morgan fingerprint density at radius 2 is 1.31 bits per heavy atom. The molecule has 4 bridgehead atoms. The fourth-order valence-electron chi connectivity index (χ4n) is 8.52. The first-order valence-electron chi connectivity index (χ1n) is 13.6. The second-order valence-electron chi connectivity index (χ2n) is 11.8. The van der Waals surface area contributed by atoms with Gasteiger partial charge >= 0.3 is 0 Å². The van der Waals surface area contributed by atoms with Crippen LogP contribution < -0.4 is 0 Å². The highest BCUT2D eigenvalue weighted by molar-refractivity contribution is 6.30. The zero-order chi connectivity index (χ0) is 23.9. The summed E-state index contributed by atoms with van der Waals surface area (Å²) in [6.07, 6.45) is 8.71. The number of benzene rings is 4. The van der Waals surface area contributed by atoms with E-state index in [0.717, 1.165) is 28.3 Å². The molecule has 4 fully saturated rings. The van der Waals surface area contributed by atoms with E-state index in [0.29, 0.717) is 5.41 Å². The van der Waals surface area contributed by atoms with Crippen molar-refractivity contribution in [3.8, 4) is 16.8 Å². The zero-order valence-corrected chi connectivity index (χ0v) is 21.2. The lowest BCUT2D eigenvalue weighted by molar-refractivity contribution is -0.00512. The maximum absolute atomic E-state index is 6.24. The predicted molar refractivity (Wildman–Crippen MR) is 151 cm³/mol. The average Bonchev–Trinajstić information content (AvgIpc) is 3.22. The summed E-state index contributed by atoms with van der Waals surface area (Å²) >= 11 is 6.24. The minimum atomic E-state index is 0.421. The maximum atomic E-state index is 6.24. The van der Waals surface area contributed by atoms with Crippen molar-refractivity contribution < 1.29 is 0 Å². The number of aromatic nitrogens is 1. The fourth-order valence-corrected chi connectivity index (χ4v) is 8.71. The highest BCUT2D eigenvalue weighted by Crippen LogP contribution is 2.61. The van der Waals surface area contributed by atoms with E-state index in [1.54, 1.807) is 5.56 Å². The molecule has 0 N–H and O–H groups in total. The monoisotopic (exact) mass is 487 g/mol. The van der Waals surface area contributed by atoms with Crippen molar-refractivity contribution in [3.63, 3.8) is 0 Å².